The van der Waals surface area contributed by atoms with Crippen molar-refractivity contribution in [2.24, 2.45) is 0 Å². The summed E-state index contributed by atoms with van der Waals surface area (Å²) in [6, 6.07) is 10.1. The Hall–Kier alpha value is -3.42. The number of aromatic hydroxyl groups is 1. The van der Waals surface area contributed by atoms with Crippen LogP contribution in [0.5, 0.6) is 5.75 Å². The highest BCUT2D eigenvalue weighted by Crippen LogP contribution is 2.34. The fourth-order valence-corrected chi connectivity index (χ4v) is 3.13. The van der Waals surface area contributed by atoms with Crippen LogP contribution in [-0.4, -0.2) is 37.6 Å². The summed E-state index contributed by atoms with van der Waals surface area (Å²) in [6.07, 6.45) is 2.69. The van der Waals surface area contributed by atoms with Gasteiger partial charge >= 0.3 is 0 Å². The van der Waals surface area contributed by atoms with Crippen LogP contribution in [0.3, 0.4) is 0 Å². The second-order valence-electron chi connectivity index (χ2n) is 6.07. The van der Waals surface area contributed by atoms with E-state index in [0.29, 0.717) is 24.7 Å². The van der Waals surface area contributed by atoms with Crippen molar-refractivity contribution in [2.45, 2.75) is 18.9 Å². The molecule has 0 aliphatic carbocycles. The molecule has 0 radical (unpaired) electrons. The maximum atomic E-state index is 12.8. The van der Waals surface area contributed by atoms with Crippen LogP contribution in [0.2, 0.25) is 0 Å². The van der Waals surface area contributed by atoms with Crippen LogP contribution in [-0.2, 0) is 0 Å². The predicted octanol–water partition coefficient (Wildman–Crippen LogP) is 2.11. The Kier molecular flexibility index (Phi) is 4.00. The van der Waals surface area contributed by atoms with Gasteiger partial charge < -0.3 is 19.5 Å². The minimum Gasteiger partial charge on any atom is -0.507 e. The topological polar surface area (TPSA) is 112 Å². The number of pyridine rings is 1. The minimum atomic E-state index is -0.471. The lowest BCUT2D eigenvalue weighted by Crippen LogP contribution is -2.31. The molecule has 0 bridgehead atoms. The maximum absolute atomic E-state index is 12.8. The van der Waals surface area contributed by atoms with E-state index in [9.17, 15) is 14.7 Å². The number of amides is 1. The Labute approximate surface area is 148 Å². The molecule has 1 aliphatic heterocycles. The molecule has 4 rings (SSSR count). The van der Waals surface area contributed by atoms with Gasteiger partial charge in [0.05, 0.1) is 5.56 Å². The van der Waals surface area contributed by atoms with Crippen molar-refractivity contribution in [1.29, 1.82) is 0 Å². The summed E-state index contributed by atoms with van der Waals surface area (Å²) in [5.74, 6) is 0.0889. The summed E-state index contributed by atoms with van der Waals surface area (Å²) in [5.41, 5.74) is 0.400. The lowest BCUT2D eigenvalue weighted by Gasteiger charge is -2.22. The fourth-order valence-electron chi connectivity index (χ4n) is 3.13. The highest BCUT2D eigenvalue weighted by molar-refractivity contribution is 5.96. The molecular formula is C18H16N4O4. The molecular weight excluding hydrogens is 336 g/mol. The van der Waals surface area contributed by atoms with Crippen molar-refractivity contribution in [2.75, 3.05) is 6.54 Å². The third-order valence-electron chi connectivity index (χ3n) is 4.41. The molecule has 3 aromatic rings. The zero-order chi connectivity index (χ0) is 18.1. The SMILES string of the molecule is O=C(c1c[nH]c(=O)cc1O)N1CCCC1c1nc(-c2ccccc2)no1. The van der Waals surface area contributed by atoms with Crippen molar-refractivity contribution >= 4 is 5.91 Å². The van der Waals surface area contributed by atoms with Crippen molar-refractivity contribution in [3.8, 4) is 17.1 Å². The van der Waals surface area contributed by atoms with Crippen LogP contribution >= 0.6 is 0 Å². The number of hydrogen-bond donors (Lipinski definition) is 2. The van der Waals surface area contributed by atoms with Gasteiger partial charge in [-0.2, -0.15) is 4.98 Å². The zero-order valence-corrected chi connectivity index (χ0v) is 13.8. The molecule has 1 saturated heterocycles. The van der Waals surface area contributed by atoms with Gasteiger partial charge in [-0.15, -0.1) is 0 Å². The maximum Gasteiger partial charge on any atom is 0.259 e. The van der Waals surface area contributed by atoms with Gasteiger partial charge in [-0.3, -0.25) is 9.59 Å². The Bertz CT molecular complexity index is 996. The number of carbonyl (C=O) groups is 1. The molecule has 0 spiro atoms. The zero-order valence-electron chi connectivity index (χ0n) is 13.8. The van der Waals surface area contributed by atoms with E-state index in [0.717, 1.165) is 18.1 Å². The molecule has 132 valence electrons. The Morgan fingerprint density at radius 1 is 1.31 bits per heavy atom. The number of nitrogens with one attached hydrogen (secondary N) is 1. The first-order valence-electron chi connectivity index (χ1n) is 8.25. The van der Waals surface area contributed by atoms with E-state index >= 15 is 0 Å². The van der Waals surface area contributed by atoms with Crippen molar-refractivity contribution < 1.29 is 14.4 Å². The average molecular weight is 352 g/mol. The molecule has 3 heterocycles. The number of H-pyrrole nitrogens is 1. The second kappa shape index (κ2) is 6.47. The summed E-state index contributed by atoms with van der Waals surface area (Å²) < 4.78 is 5.39. The summed E-state index contributed by atoms with van der Waals surface area (Å²) in [5, 5.41) is 13.9. The first kappa shape index (κ1) is 16.1. The van der Waals surface area contributed by atoms with Crippen molar-refractivity contribution in [3.63, 3.8) is 0 Å². The molecule has 1 aromatic carbocycles. The quantitative estimate of drug-likeness (QED) is 0.746. The van der Waals surface area contributed by atoms with Gasteiger partial charge in [-0.25, -0.2) is 0 Å². The highest BCUT2D eigenvalue weighted by Gasteiger charge is 2.35. The van der Waals surface area contributed by atoms with Gasteiger partial charge in [0.1, 0.15) is 11.8 Å². The Balaban J connectivity index is 1.62. The van der Waals surface area contributed by atoms with E-state index in [1.54, 1.807) is 4.90 Å². The van der Waals surface area contributed by atoms with Gasteiger partial charge in [0.15, 0.2) is 0 Å². The molecule has 1 atom stereocenters. The normalized spacial score (nSPS) is 16.8. The van der Waals surface area contributed by atoms with Crippen LogP contribution in [0.4, 0.5) is 0 Å². The molecule has 0 saturated carbocycles. The number of benzene rings is 1. The molecule has 26 heavy (non-hydrogen) atoms. The van der Waals surface area contributed by atoms with Crippen LogP contribution < -0.4 is 5.56 Å². The highest BCUT2D eigenvalue weighted by atomic mass is 16.5. The molecule has 1 unspecified atom stereocenters. The third-order valence-corrected chi connectivity index (χ3v) is 4.41. The molecule has 1 amide bonds. The van der Waals surface area contributed by atoms with Gasteiger partial charge in [-0.05, 0) is 12.8 Å². The molecule has 2 aromatic heterocycles. The second-order valence-corrected chi connectivity index (χ2v) is 6.07. The third kappa shape index (κ3) is 2.85. The standard InChI is InChI=1S/C18H16N4O4/c23-14-9-15(24)19-10-12(14)18(25)22-8-4-7-13(22)17-20-16(21-26-17)11-5-2-1-3-6-11/h1-3,5-6,9-10,13H,4,7-8H2,(H2,19,23,24). The number of aromatic nitrogens is 3. The van der Waals surface area contributed by atoms with E-state index in [2.05, 4.69) is 15.1 Å². The van der Waals surface area contributed by atoms with Gasteiger partial charge in [-0.1, -0.05) is 35.5 Å². The largest absolute Gasteiger partial charge is 0.507 e. The molecule has 2 N–H and O–H groups in total. The number of hydrogen-bond acceptors (Lipinski definition) is 6. The van der Waals surface area contributed by atoms with Gasteiger partial charge in [0.2, 0.25) is 11.7 Å². The average Bonchev–Trinajstić information content (AvgIpc) is 3.31. The first-order chi connectivity index (χ1) is 12.6. The first-order valence-corrected chi connectivity index (χ1v) is 8.25. The number of carbonyl (C=O) groups excluding carboxylic acids is 1. The van der Waals surface area contributed by atoms with E-state index in [4.69, 9.17) is 4.52 Å². The molecule has 8 nitrogen and oxygen atoms in total. The number of aromatic amines is 1. The van der Waals surface area contributed by atoms with Gasteiger partial charge in [0.25, 0.3) is 11.5 Å². The minimum absolute atomic E-state index is 0.0410. The molecule has 8 heteroatoms. The Morgan fingerprint density at radius 2 is 2.12 bits per heavy atom. The van der Waals surface area contributed by atoms with Crippen LogP contribution in [0.15, 0.2) is 51.9 Å². The molecule has 1 aliphatic rings. The number of rotatable bonds is 3. The monoisotopic (exact) mass is 352 g/mol. The van der Waals surface area contributed by atoms with Crippen LogP contribution in [0, 0.1) is 0 Å². The smallest absolute Gasteiger partial charge is 0.259 e. The number of likely N-dealkylation sites (tertiary alicyclic amines) is 1. The van der Waals surface area contributed by atoms with E-state index in [1.807, 2.05) is 30.3 Å². The van der Waals surface area contributed by atoms with Crippen molar-refractivity contribution in [1.82, 2.24) is 20.0 Å². The summed E-state index contributed by atoms with van der Waals surface area (Å²) in [6.45, 7) is 0.505. The van der Waals surface area contributed by atoms with Crippen LogP contribution in [0.1, 0.15) is 35.1 Å². The molecule has 1 fully saturated rings. The van der Waals surface area contributed by atoms with Gasteiger partial charge in [0, 0.05) is 24.4 Å². The summed E-state index contributed by atoms with van der Waals surface area (Å²) in [7, 11) is 0. The van der Waals surface area contributed by atoms with Crippen LogP contribution in [0.25, 0.3) is 11.4 Å². The van der Waals surface area contributed by atoms with E-state index in [-0.39, 0.29) is 23.3 Å². The van der Waals surface area contributed by atoms with E-state index < -0.39 is 5.56 Å². The van der Waals surface area contributed by atoms with E-state index in [1.165, 1.54) is 6.20 Å². The van der Waals surface area contributed by atoms with Crippen molar-refractivity contribution in [3.05, 3.63) is 64.4 Å². The summed E-state index contributed by atoms with van der Waals surface area (Å²) in [4.78, 5) is 32.5. The number of nitrogens with zero attached hydrogens (tertiary/aromatic N) is 3. The lowest BCUT2D eigenvalue weighted by molar-refractivity contribution is 0.0706. The Morgan fingerprint density at radius 3 is 2.88 bits per heavy atom. The summed E-state index contributed by atoms with van der Waals surface area (Å²) >= 11 is 0. The predicted molar refractivity (Wildman–Crippen MR) is 91.5 cm³/mol. The fraction of sp³-hybridized carbons (Fsp3) is 0.222. The lowest BCUT2D eigenvalue weighted by atomic mass is 10.2.